The van der Waals surface area contributed by atoms with E-state index in [-0.39, 0.29) is 11.5 Å². The number of aromatic nitrogens is 3. The number of nitrogens with zero attached hydrogens (tertiary/aromatic N) is 2. The Morgan fingerprint density at radius 3 is 2.72 bits per heavy atom. The molecule has 1 fully saturated rings. The molecule has 3 rings (SSSR count). The van der Waals surface area contributed by atoms with Crippen LogP contribution in [0.2, 0.25) is 0 Å². The number of amides is 1. The standard InChI is InChI=1S/C19H28N4O2/c1-12-15(19(25)21-18-17(12)13(2)22-23(18)3)9-10-16(24)20-11-14-7-5-4-6-8-14/h14H,4-11H2,1-3H3,(H,20,24)(H,21,25). The lowest BCUT2D eigenvalue weighted by Crippen LogP contribution is -2.30. The van der Waals surface area contributed by atoms with Crippen LogP contribution < -0.4 is 10.9 Å². The van der Waals surface area contributed by atoms with Gasteiger partial charge in [0.1, 0.15) is 5.65 Å². The molecule has 2 heterocycles. The molecule has 1 aliphatic carbocycles. The highest BCUT2D eigenvalue weighted by atomic mass is 16.1. The molecule has 0 unspecified atom stereocenters. The zero-order chi connectivity index (χ0) is 18.0. The Bertz CT molecular complexity index is 828. The van der Waals surface area contributed by atoms with Crippen LogP contribution in [-0.4, -0.2) is 27.2 Å². The van der Waals surface area contributed by atoms with Gasteiger partial charge >= 0.3 is 0 Å². The first-order valence-corrected chi connectivity index (χ1v) is 9.29. The zero-order valence-corrected chi connectivity index (χ0v) is 15.4. The third-order valence-corrected chi connectivity index (χ3v) is 5.47. The fourth-order valence-corrected chi connectivity index (χ4v) is 4.03. The van der Waals surface area contributed by atoms with E-state index >= 15 is 0 Å². The molecular weight excluding hydrogens is 316 g/mol. The Hall–Kier alpha value is -2.11. The maximum Gasteiger partial charge on any atom is 0.253 e. The van der Waals surface area contributed by atoms with Gasteiger partial charge in [0.25, 0.3) is 5.56 Å². The minimum atomic E-state index is -0.118. The summed E-state index contributed by atoms with van der Waals surface area (Å²) in [5.74, 6) is 0.657. The van der Waals surface area contributed by atoms with E-state index in [0.717, 1.165) is 28.8 Å². The molecule has 136 valence electrons. The van der Waals surface area contributed by atoms with Crippen molar-refractivity contribution in [3.63, 3.8) is 0 Å². The van der Waals surface area contributed by atoms with Gasteiger partial charge in [-0.2, -0.15) is 5.10 Å². The molecule has 0 atom stereocenters. The molecule has 0 aromatic carbocycles. The summed E-state index contributed by atoms with van der Waals surface area (Å²) in [4.78, 5) is 27.5. The number of pyridine rings is 1. The van der Waals surface area contributed by atoms with Crippen molar-refractivity contribution in [3.05, 3.63) is 27.2 Å². The third-order valence-electron chi connectivity index (χ3n) is 5.47. The Balaban J connectivity index is 1.65. The van der Waals surface area contributed by atoms with Gasteiger partial charge in [-0.25, -0.2) is 0 Å². The van der Waals surface area contributed by atoms with Gasteiger partial charge in [0.15, 0.2) is 0 Å². The van der Waals surface area contributed by atoms with Gasteiger partial charge in [0, 0.05) is 31.0 Å². The van der Waals surface area contributed by atoms with Crippen molar-refractivity contribution < 1.29 is 4.79 Å². The highest BCUT2D eigenvalue weighted by molar-refractivity contribution is 5.83. The SMILES string of the molecule is Cc1nn(C)c2[nH]c(=O)c(CCC(=O)NCC3CCCCC3)c(C)c12. The van der Waals surface area contributed by atoms with Crippen molar-refractivity contribution in [2.75, 3.05) is 6.54 Å². The molecule has 0 aliphatic heterocycles. The number of fused-ring (bicyclic) bond motifs is 1. The Kier molecular flexibility index (Phi) is 5.25. The average Bonchev–Trinajstić information content (AvgIpc) is 2.87. The first-order chi connectivity index (χ1) is 12.0. The largest absolute Gasteiger partial charge is 0.356 e. The molecule has 25 heavy (non-hydrogen) atoms. The Labute approximate surface area is 148 Å². The number of aryl methyl sites for hydroxylation is 3. The fraction of sp³-hybridized carbons (Fsp3) is 0.632. The van der Waals surface area contributed by atoms with E-state index in [1.807, 2.05) is 20.9 Å². The predicted molar refractivity (Wildman–Crippen MR) is 98.7 cm³/mol. The van der Waals surface area contributed by atoms with Crippen LogP contribution in [0.3, 0.4) is 0 Å². The van der Waals surface area contributed by atoms with Gasteiger partial charge < -0.3 is 10.3 Å². The monoisotopic (exact) mass is 344 g/mol. The number of carbonyl (C=O) groups is 1. The quantitative estimate of drug-likeness (QED) is 0.874. The summed E-state index contributed by atoms with van der Waals surface area (Å²) in [6, 6.07) is 0. The maximum atomic E-state index is 12.4. The van der Waals surface area contributed by atoms with Gasteiger partial charge in [-0.05, 0) is 44.6 Å². The van der Waals surface area contributed by atoms with Gasteiger partial charge in [-0.1, -0.05) is 19.3 Å². The van der Waals surface area contributed by atoms with E-state index in [2.05, 4.69) is 15.4 Å². The van der Waals surface area contributed by atoms with Crippen LogP contribution >= 0.6 is 0 Å². The van der Waals surface area contributed by atoms with E-state index in [1.165, 1.54) is 32.1 Å². The zero-order valence-electron chi connectivity index (χ0n) is 15.4. The minimum absolute atomic E-state index is 0.0346. The van der Waals surface area contributed by atoms with E-state index in [4.69, 9.17) is 0 Å². The third kappa shape index (κ3) is 3.78. The first-order valence-electron chi connectivity index (χ1n) is 9.29. The van der Waals surface area contributed by atoms with Crippen molar-refractivity contribution >= 4 is 16.9 Å². The molecule has 6 nitrogen and oxygen atoms in total. The van der Waals surface area contributed by atoms with Crippen molar-refractivity contribution in [2.45, 2.75) is 58.8 Å². The number of nitrogens with one attached hydrogen (secondary N) is 2. The normalized spacial score (nSPS) is 15.6. The number of hydrogen-bond acceptors (Lipinski definition) is 3. The summed E-state index contributed by atoms with van der Waals surface area (Å²) in [7, 11) is 1.82. The number of hydrogen-bond donors (Lipinski definition) is 2. The highest BCUT2D eigenvalue weighted by Gasteiger charge is 2.17. The molecule has 0 saturated heterocycles. The summed E-state index contributed by atoms with van der Waals surface area (Å²) >= 11 is 0. The van der Waals surface area contributed by atoms with Gasteiger partial charge in [-0.3, -0.25) is 14.3 Å². The lowest BCUT2D eigenvalue weighted by molar-refractivity contribution is -0.121. The second-order valence-electron chi connectivity index (χ2n) is 7.30. The van der Waals surface area contributed by atoms with Crippen molar-refractivity contribution in [2.24, 2.45) is 13.0 Å². The number of rotatable bonds is 5. The lowest BCUT2D eigenvalue weighted by atomic mass is 9.89. The molecule has 1 saturated carbocycles. The van der Waals surface area contributed by atoms with Crippen LogP contribution in [0, 0.1) is 19.8 Å². The van der Waals surface area contributed by atoms with Crippen LogP contribution in [0.15, 0.2) is 4.79 Å². The molecule has 1 aliphatic rings. The van der Waals surface area contributed by atoms with Crippen molar-refractivity contribution in [1.29, 1.82) is 0 Å². The second kappa shape index (κ2) is 7.42. The van der Waals surface area contributed by atoms with Gasteiger partial charge in [0.2, 0.25) is 5.91 Å². The van der Waals surface area contributed by atoms with Crippen LogP contribution in [0.4, 0.5) is 0 Å². The summed E-state index contributed by atoms with van der Waals surface area (Å²) in [6.07, 6.45) is 7.12. The van der Waals surface area contributed by atoms with E-state index in [1.54, 1.807) is 4.68 Å². The van der Waals surface area contributed by atoms with E-state index < -0.39 is 0 Å². The molecule has 0 radical (unpaired) electrons. The Morgan fingerprint density at radius 2 is 2.00 bits per heavy atom. The van der Waals surface area contributed by atoms with Crippen LogP contribution in [0.5, 0.6) is 0 Å². The lowest BCUT2D eigenvalue weighted by Gasteiger charge is -2.21. The molecular formula is C19H28N4O2. The summed E-state index contributed by atoms with van der Waals surface area (Å²) < 4.78 is 1.69. The van der Waals surface area contributed by atoms with Gasteiger partial charge in [0.05, 0.1) is 5.69 Å². The molecule has 6 heteroatoms. The summed E-state index contributed by atoms with van der Waals surface area (Å²) in [5.41, 5.74) is 3.15. The molecule has 0 bridgehead atoms. The number of carbonyl (C=O) groups excluding carboxylic acids is 1. The first kappa shape index (κ1) is 17.7. The van der Waals surface area contributed by atoms with Crippen LogP contribution in [-0.2, 0) is 18.3 Å². The maximum absolute atomic E-state index is 12.4. The van der Waals surface area contributed by atoms with Gasteiger partial charge in [-0.15, -0.1) is 0 Å². The summed E-state index contributed by atoms with van der Waals surface area (Å²) in [5, 5.41) is 8.41. The smallest absolute Gasteiger partial charge is 0.253 e. The Morgan fingerprint density at radius 1 is 1.28 bits per heavy atom. The van der Waals surface area contributed by atoms with Crippen molar-refractivity contribution in [3.8, 4) is 0 Å². The fourth-order valence-electron chi connectivity index (χ4n) is 4.03. The average molecular weight is 344 g/mol. The minimum Gasteiger partial charge on any atom is -0.356 e. The topological polar surface area (TPSA) is 79.8 Å². The predicted octanol–water partition coefficient (Wildman–Crippen LogP) is 2.51. The number of H-pyrrole nitrogens is 1. The second-order valence-corrected chi connectivity index (χ2v) is 7.30. The van der Waals surface area contributed by atoms with Crippen LogP contribution in [0.1, 0.15) is 55.3 Å². The van der Waals surface area contributed by atoms with Crippen molar-refractivity contribution in [1.82, 2.24) is 20.1 Å². The molecule has 1 amide bonds. The number of aromatic amines is 1. The molecule has 2 N–H and O–H groups in total. The van der Waals surface area contributed by atoms with E-state index in [9.17, 15) is 9.59 Å². The molecule has 2 aromatic heterocycles. The van der Waals surface area contributed by atoms with Crippen LogP contribution in [0.25, 0.3) is 11.0 Å². The highest BCUT2D eigenvalue weighted by Crippen LogP contribution is 2.23. The molecule has 2 aromatic rings. The van der Waals surface area contributed by atoms with E-state index in [0.29, 0.717) is 24.3 Å². The molecule has 0 spiro atoms. The summed E-state index contributed by atoms with van der Waals surface area (Å²) in [6.45, 7) is 4.66.